The van der Waals surface area contributed by atoms with Crippen LogP contribution < -0.4 is 4.90 Å². The van der Waals surface area contributed by atoms with Crippen LogP contribution >= 0.6 is 0 Å². The van der Waals surface area contributed by atoms with Gasteiger partial charge in [0.15, 0.2) is 0 Å². The molecule has 0 spiro atoms. The quantitative estimate of drug-likeness (QED) is 0.738. The van der Waals surface area contributed by atoms with E-state index in [1.807, 2.05) is 19.2 Å². The summed E-state index contributed by atoms with van der Waals surface area (Å²) in [5, 5.41) is 10.4. The molecule has 2 N–H and O–H groups in total. The molecule has 2 aliphatic rings. The van der Waals surface area contributed by atoms with Crippen molar-refractivity contribution in [3.05, 3.63) is 18.6 Å². The van der Waals surface area contributed by atoms with E-state index in [4.69, 9.17) is 0 Å². The molecule has 1 aliphatic heterocycles. The van der Waals surface area contributed by atoms with E-state index >= 15 is 0 Å². The molecule has 2 aromatic heterocycles. The van der Waals surface area contributed by atoms with Crippen LogP contribution in [0.1, 0.15) is 32.6 Å². The second-order valence-electron chi connectivity index (χ2n) is 8.74. The van der Waals surface area contributed by atoms with Crippen molar-refractivity contribution < 1.29 is 13.5 Å². The van der Waals surface area contributed by atoms with Gasteiger partial charge in [-0.3, -0.25) is 0 Å². The first-order valence-corrected chi connectivity index (χ1v) is 12.1. The number of hydrogen-bond acceptors (Lipinski definition) is 6. The predicted molar refractivity (Wildman–Crippen MR) is 113 cm³/mol. The smallest absolute Gasteiger partial charge is 0.214 e. The standard InChI is InChI=1S/C20H31N5O3S/c1-14-9-25(10-16(14)11-26)29(27,28)12-15-3-5-17(6-4-15)24(2)20-18-7-8-21-19(18)22-13-23-20/h7-8,13-17,26H,3-6,9-12H2,1-2H3,(H,21,22,23)/t14-,15?,16?,17?/m0/s1. The van der Waals surface area contributed by atoms with Gasteiger partial charge in [-0.15, -0.1) is 0 Å². The van der Waals surface area contributed by atoms with E-state index in [0.29, 0.717) is 19.1 Å². The summed E-state index contributed by atoms with van der Waals surface area (Å²) < 4.78 is 27.3. The van der Waals surface area contributed by atoms with Gasteiger partial charge in [0.25, 0.3) is 0 Å². The summed E-state index contributed by atoms with van der Waals surface area (Å²) in [7, 11) is -1.20. The summed E-state index contributed by atoms with van der Waals surface area (Å²) >= 11 is 0. The van der Waals surface area contributed by atoms with E-state index in [1.165, 1.54) is 0 Å². The zero-order chi connectivity index (χ0) is 20.6. The molecule has 1 saturated heterocycles. The average molecular weight is 422 g/mol. The highest BCUT2D eigenvalue weighted by Gasteiger charge is 2.37. The Morgan fingerprint density at radius 1 is 1.24 bits per heavy atom. The lowest BCUT2D eigenvalue weighted by atomic mass is 9.86. The molecule has 3 heterocycles. The number of aliphatic hydroxyl groups excluding tert-OH is 1. The third-order valence-corrected chi connectivity index (χ3v) is 8.82. The minimum Gasteiger partial charge on any atom is -0.396 e. The van der Waals surface area contributed by atoms with Gasteiger partial charge in [0.05, 0.1) is 11.1 Å². The van der Waals surface area contributed by atoms with Crippen LogP contribution in [-0.2, 0) is 10.0 Å². The number of aromatic amines is 1. The fourth-order valence-electron chi connectivity index (χ4n) is 4.87. The van der Waals surface area contributed by atoms with Gasteiger partial charge in [-0.1, -0.05) is 6.92 Å². The number of sulfonamides is 1. The normalized spacial score (nSPS) is 28.8. The van der Waals surface area contributed by atoms with E-state index in [-0.39, 0.29) is 30.1 Å². The number of anilines is 1. The molecule has 2 fully saturated rings. The van der Waals surface area contributed by atoms with Crippen LogP contribution in [0.5, 0.6) is 0 Å². The minimum atomic E-state index is -3.26. The Morgan fingerprint density at radius 2 is 2.00 bits per heavy atom. The fourth-order valence-corrected chi connectivity index (χ4v) is 6.89. The van der Waals surface area contributed by atoms with Gasteiger partial charge in [0, 0.05) is 39.0 Å². The lowest BCUT2D eigenvalue weighted by Crippen LogP contribution is -2.39. The highest BCUT2D eigenvalue weighted by molar-refractivity contribution is 7.89. The lowest BCUT2D eigenvalue weighted by molar-refractivity contribution is 0.210. The van der Waals surface area contributed by atoms with Crippen molar-refractivity contribution in [2.75, 3.05) is 37.4 Å². The van der Waals surface area contributed by atoms with Crippen LogP contribution in [0.25, 0.3) is 11.0 Å². The van der Waals surface area contributed by atoms with Crippen molar-refractivity contribution in [2.24, 2.45) is 17.8 Å². The van der Waals surface area contributed by atoms with Gasteiger partial charge in [0.1, 0.15) is 17.8 Å². The number of rotatable bonds is 6. The summed E-state index contributed by atoms with van der Waals surface area (Å²) in [5.74, 6) is 1.63. The van der Waals surface area contributed by atoms with Gasteiger partial charge >= 0.3 is 0 Å². The minimum absolute atomic E-state index is 0.0576. The maximum absolute atomic E-state index is 12.9. The number of aromatic nitrogens is 3. The molecule has 0 bridgehead atoms. The first kappa shape index (κ1) is 20.6. The summed E-state index contributed by atoms with van der Waals surface area (Å²) in [6.45, 7) is 3.07. The SMILES string of the molecule is C[C@H]1CN(S(=O)(=O)CC2CCC(N(C)c3ncnc4[nH]ccc34)CC2)CC1CO. The van der Waals surface area contributed by atoms with Crippen molar-refractivity contribution in [2.45, 2.75) is 38.6 Å². The maximum atomic E-state index is 12.9. The van der Waals surface area contributed by atoms with E-state index in [9.17, 15) is 13.5 Å². The summed E-state index contributed by atoms with van der Waals surface area (Å²) in [6.07, 6.45) is 7.19. The van der Waals surface area contributed by atoms with E-state index in [2.05, 4.69) is 26.9 Å². The molecule has 4 rings (SSSR count). The van der Waals surface area contributed by atoms with Gasteiger partial charge in [-0.05, 0) is 49.5 Å². The predicted octanol–water partition coefficient (Wildman–Crippen LogP) is 1.84. The summed E-state index contributed by atoms with van der Waals surface area (Å²) in [5.41, 5.74) is 0.836. The van der Waals surface area contributed by atoms with Crippen molar-refractivity contribution >= 4 is 26.9 Å². The second-order valence-corrected chi connectivity index (χ2v) is 10.8. The van der Waals surface area contributed by atoms with E-state index in [1.54, 1.807) is 10.6 Å². The molecule has 1 unspecified atom stereocenters. The highest BCUT2D eigenvalue weighted by atomic mass is 32.2. The molecular weight excluding hydrogens is 390 g/mol. The fraction of sp³-hybridized carbons (Fsp3) is 0.700. The molecule has 0 radical (unpaired) electrons. The Balaban J connectivity index is 1.35. The van der Waals surface area contributed by atoms with Crippen LogP contribution in [0.4, 0.5) is 5.82 Å². The monoisotopic (exact) mass is 421 g/mol. The Labute approximate surface area is 172 Å². The number of fused-ring (bicyclic) bond motifs is 1. The zero-order valence-corrected chi connectivity index (χ0v) is 18.0. The largest absolute Gasteiger partial charge is 0.396 e. The zero-order valence-electron chi connectivity index (χ0n) is 17.2. The molecule has 29 heavy (non-hydrogen) atoms. The molecule has 1 aliphatic carbocycles. The third kappa shape index (κ3) is 4.13. The van der Waals surface area contributed by atoms with Crippen molar-refractivity contribution in [1.82, 2.24) is 19.3 Å². The van der Waals surface area contributed by atoms with Gasteiger partial charge in [-0.25, -0.2) is 22.7 Å². The Hall–Kier alpha value is -1.71. The van der Waals surface area contributed by atoms with Crippen molar-refractivity contribution in [3.63, 3.8) is 0 Å². The number of H-pyrrole nitrogens is 1. The summed E-state index contributed by atoms with van der Waals surface area (Å²) in [6, 6.07) is 2.35. The van der Waals surface area contributed by atoms with E-state index in [0.717, 1.165) is 42.5 Å². The third-order valence-electron chi connectivity index (χ3n) is 6.84. The van der Waals surface area contributed by atoms with Crippen LogP contribution in [0.3, 0.4) is 0 Å². The number of nitrogens with one attached hydrogen (secondary N) is 1. The molecule has 9 heteroatoms. The average Bonchev–Trinajstić information content (AvgIpc) is 3.34. The molecule has 0 amide bonds. The van der Waals surface area contributed by atoms with Crippen LogP contribution in [0, 0.1) is 17.8 Å². The molecule has 8 nitrogen and oxygen atoms in total. The first-order valence-electron chi connectivity index (χ1n) is 10.5. The molecule has 1 saturated carbocycles. The van der Waals surface area contributed by atoms with E-state index < -0.39 is 10.0 Å². The Morgan fingerprint density at radius 3 is 2.69 bits per heavy atom. The van der Waals surface area contributed by atoms with Crippen LogP contribution in [0.15, 0.2) is 18.6 Å². The lowest BCUT2D eigenvalue weighted by Gasteiger charge is -2.35. The van der Waals surface area contributed by atoms with Crippen molar-refractivity contribution in [3.8, 4) is 0 Å². The Kier molecular flexibility index (Phi) is 5.81. The number of nitrogens with zero attached hydrogens (tertiary/aromatic N) is 4. The molecule has 160 valence electrons. The number of hydrogen-bond donors (Lipinski definition) is 2. The van der Waals surface area contributed by atoms with Crippen LogP contribution in [0.2, 0.25) is 0 Å². The Bertz CT molecular complexity index is 938. The van der Waals surface area contributed by atoms with Crippen molar-refractivity contribution in [1.29, 1.82) is 0 Å². The molecule has 2 aromatic rings. The number of aliphatic hydroxyl groups is 1. The van der Waals surface area contributed by atoms with Gasteiger partial charge in [0.2, 0.25) is 10.0 Å². The maximum Gasteiger partial charge on any atom is 0.214 e. The topological polar surface area (TPSA) is 102 Å². The highest BCUT2D eigenvalue weighted by Crippen LogP contribution is 2.33. The van der Waals surface area contributed by atoms with Crippen LogP contribution in [-0.4, -0.2) is 71.3 Å². The second kappa shape index (κ2) is 8.20. The summed E-state index contributed by atoms with van der Waals surface area (Å²) in [4.78, 5) is 14.1. The molecule has 0 aromatic carbocycles. The van der Waals surface area contributed by atoms with Gasteiger partial charge < -0.3 is 15.0 Å². The first-order chi connectivity index (χ1) is 13.9. The molecular formula is C20H31N5O3S. The molecule has 2 atom stereocenters. The van der Waals surface area contributed by atoms with Gasteiger partial charge in [-0.2, -0.15) is 0 Å².